The van der Waals surface area contributed by atoms with E-state index in [1.807, 2.05) is 54.2 Å². The molecule has 2 N–H and O–H groups in total. The summed E-state index contributed by atoms with van der Waals surface area (Å²) in [7, 11) is 1.90. The maximum absolute atomic E-state index is 12.6. The van der Waals surface area contributed by atoms with Crippen LogP contribution in [0.4, 0.5) is 5.69 Å². The molecule has 2 aromatic carbocycles. The van der Waals surface area contributed by atoms with E-state index in [4.69, 9.17) is 0 Å². The van der Waals surface area contributed by atoms with Gasteiger partial charge in [0.15, 0.2) is 0 Å². The van der Waals surface area contributed by atoms with E-state index >= 15 is 0 Å². The van der Waals surface area contributed by atoms with Crippen molar-refractivity contribution in [1.29, 1.82) is 0 Å². The molecule has 4 nitrogen and oxygen atoms in total. The molecule has 140 valence electrons. The minimum Gasteiger partial charge on any atom is -0.380 e. The van der Waals surface area contributed by atoms with Gasteiger partial charge in [0.05, 0.1) is 0 Å². The quantitative estimate of drug-likeness (QED) is 0.683. The molecule has 4 heteroatoms. The molecule has 0 aliphatic heterocycles. The first kappa shape index (κ1) is 18.8. The van der Waals surface area contributed by atoms with E-state index in [0.717, 1.165) is 22.4 Å². The summed E-state index contributed by atoms with van der Waals surface area (Å²) < 4.78 is 1.87. The van der Waals surface area contributed by atoms with Crippen molar-refractivity contribution in [3.05, 3.63) is 78.1 Å². The molecule has 0 aliphatic carbocycles. The maximum Gasteiger partial charge on any atom is 0.268 e. The summed E-state index contributed by atoms with van der Waals surface area (Å²) >= 11 is 0. The number of nitrogens with zero attached hydrogens (tertiary/aromatic N) is 1. The van der Waals surface area contributed by atoms with Crippen molar-refractivity contribution >= 4 is 11.6 Å². The zero-order chi connectivity index (χ0) is 19.4. The Hall–Kier alpha value is -3.01. The lowest BCUT2D eigenvalue weighted by atomic mass is 10.1. The fourth-order valence-corrected chi connectivity index (χ4v) is 3.00. The highest BCUT2D eigenvalue weighted by atomic mass is 16.1. The van der Waals surface area contributed by atoms with Crippen molar-refractivity contribution < 1.29 is 4.79 Å². The Morgan fingerprint density at radius 1 is 0.963 bits per heavy atom. The largest absolute Gasteiger partial charge is 0.380 e. The lowest BCUT2D eigenvalue weighted by Crippen LogP contribution is -2.25. The Balaban J connectivity index is 1.71. The van der Waals surface area contributed by atoms with Crippen LogP contribution in [-0.4, -0.2) is 16.0 Å². The molecule has 27 heavy (non-hydrogen) atoms. The van der Waals surface area contributed by atoms with Crippen LogP contribution in [0.3, 0.4) is 0 Å². The van der Waals surface area contributed by atoms with E-state index in [0.29, 0.717) is 12.2 Å². The molecule has 0 saturated heterocycles. The predicted octanol–water partition coefficient (Wildman–Crippen LogP) is 4.83. The monoisotopic (exact) mass is 361 g/mol. The Morgan fingerprint density at radius 3 is 2.26 bits per heavy atom. The van der Waals surface area contributed by atoms with Crippen LogP contribution >= 0.6 is 0 Å². The lowest BCUT2D eigenvalue weighted by Gasteiger charge is -2.22. The van der Waals surface area contributed by atoms with Gasteiger partial charge in [-0.05, 0) is 50.1 Å². The number of benzene rings is 2. The smallest absolute Gasteiger partial charge is 0.268 e. The summed E-state index contributed by atoms with van der Waals surface area (Å²) in [6, 6.07) is 20.2. The van der Waals surface area contributed by atoms with E-state index in [1.54, 1.807) is 0 Å². The van der Waals surface area contributed by atoms with Crippen LogP contribution < -0.4 is 10.6 Å². The van der Waals surface area contributed by atoms with Crippen LogP contribution in [0, 0.1) is 0 Å². The normalized spacial score (nSPS) is 11.3. The minimum atomic E-state index is -0.0707. The first-order chi connectivity index (χ1) is 12.8. The number of carbonyl (C=O) groups excluding carboxylic acids is 1. The third-order valence-corrected chi connectivity index (χ3v) is 4.27. The molecule has 0 bridgehead atoms. The number of carbonyl (C=O) groups is 1. The van der Waals surface area contributed by atoms with E-state index in [2.05, 4.69) is 55.7 Å². The number of amides is 1. The van der Waals surface area contributed by atoms with Gasteiger partial charge in [-0.1, -0.05) is 42.5 Å². The maximum atomic E-state index is 12.6. The summed E-state index contributed by atoms with van der Waals surface area (Å²) in [5, 5.41) is 6.44. The van der Waals surface area contributed by atoms with Gasteiger partial charge in [-0.3, -0.25) is 4.79 Å². The SMILES string of the molecule is Cn1cc(-c2ccc(NC(C)(C)C)cc2)cc1C(=O)NCc1ccccc1. The first-order valence-electron chi connectivity index (χ1n) is 9.19. The summed E-state index contributed by atoms with van der Waals surface area (Å²) in [6.07, 6.45) is 1.99. The fraction of sp³-hybridized carbons (Fsp3) is 0.261. The lowest BCUT2D eigenvalue weighted by molar-refractivity contribution is 0.0943. The van der Waals surface area contributed by atoms with E-state index in [9.17, 15) is 4.79 Å². The van der Waals surface area contributed by atoms with Crippen LogP contribution in [0.1, 0.15) is 36.8 Å². The van der Waals surface area contributed by atoms with Crippen molar-refractivity contribution in [2.75, 3.05) is 5.32 Å². The van der Waals surface area contributed by atoms with Gasteiger partial charge in [0.2, 0.25) is 0 Å². The van der Waals surface area contributed by atoms with E-state index in [1.165, 1.54) is 0 Å². The standard InChI is InChI=1S/C23H27N3O/c1-23(2,3)25-20-12-10-18(11-13-20)19-14-21(26(4)16-19)22(27)24-15-17-8-6-5-7-9-17/h5-14,16,25H,15H2,1-4H3,(H,24,27). The number of aryl methyl sites for hydroxylation is 1. The molecule has 1 amide bonds. The number of hydrogen-bond donors (Lipinski definition) is 2. The zero-order valence-corrected chi connectivity index (χ0v) is 16.4. The Labute approximate surface area is 161 Å². The molecule has 3 rings (SSSR count). The summed E-state index contributed by atoms with van der Waals surface area (Å²) in [5.74, 6) is -0.0707. The van der Waals surface area contributed by atoms with E-state index in [-0.39, 0.29) is 11.4 Å². The highest BCUT2D eigenvalue weighted by Crippen LogP contribution is 2.24. The second kappa shape index (κ2) is 7.70. The third kappa shape index (κ3) is 5.00. The number of rotatable bonds is 5. The van der Waals surface area contributed by atoms with E-state index < -0.39 is 0 Å². The minimum absolute atomic E-state index is 0.0261. The summed E-state index contributed by atoms with van der Waals surface area (Å²) in [5.41, 5.74) is 4.97. The number of nitrogens with one attached hydrogen (secondary N) is 2. The van der Waals surface area contributed by atoms with Crippen LogP contribution in [0.2, 0.25) is 0 Å². The Bertz CT molecular complexity index is 903. The highest BCUT2D eigenvalue weighted by Gasteiger charge is 2.13. The van der Waals surface area contributed by atoms with Gasteiger partial charge >= 0.3 is 0 Å². The van der Waals surface area contributed by atoms with Crippen LogP contribution in [0.25, 0.3) is 11.1 Å². The molecule has 0 atom stereocenters. The molecule has 0 aliphatic rings. The molecular formula is C23H27N3O. The third-order valence-electron chi connectivity index (χ3n) is 4.27. The average molecular weight is 361 g/mol. The average Bonchev–Trinajstić information content (AvgIpc) is 3.02. The molecule has 1 heterocycles. The fourth-order valence-electron chi connectivity index (χ4n) is 3.00. The number of hydrogen-bond acceptors (Lipinski definition) is 2. The molecule has 3 aromatic rings. The molecular weight excluding hydrogens is 334 g/mol. The van der Waals surface area contributed by atoms with Gasteiger partial charge in [-0.15, -0.1) is 0 Å². The van der Waals surface area contributed by atoms with Gasteiger partial charge in [0.25, 0.3) is 5.91 Å². The zero-order valence-electron chi connectivity index (χ0n) is 16.4. The molecule has 0 fully saturated rings. The van der Waals surface area contributed by atoms with Gasteiger partial charge in [-0.2, -0.15) is 0 Å². The van der Waals surface area contributed by atoms with Crippen molar-refractivity contribution in [3.8, 4) is 11.1 Å². The molecule has 1 aromatic heterocycles. The van der Waals surface area contributed by atoms with Gasteiger partial charge in [-0.25, -0.2) is 0 Å². The van der Waals surface area contributed by atoms with Crippen molar-refractivity contribution in [2.24, 2.45) is 7.05 Å². The van der Waals surface area contributed by atoms with Gasteiger partial charge in [0.1, 0.15) is 5.69 Å². The molecule has 0 saturated carbocycles. The van der Waals surface area contributed by atoms with Crippen molar-refractivity contribution in [1.82, 2.24) is 9.88 Å². The van der Waals surface area contributed by atoms with Gasteiger partial charge < -0.3 is 15.2 Å². The summed E-state index contributed by atoms with van der Waals surface area (Å²) in [6.45, 7) is 6.93. The van der Waals surface area contributed by atoms with Crippen LogP contribution in [0.5, 0.6) is 0 Å². The second-order valence-electron chi connectivity index (χ2n) is 7.85. The van der Waals surface area contributed by atoms with Gasteiger partial charge in [0, 0.05) is 36.6 Å². The van der Waals surface area contributed by atoms with Crippen molar-refractivity contribution in [3.63, 3.8) is 0 Å². The predicted molar refractivity (Wildman–Crippen MR) is 112 cm³/mol. The van der Waals surface area contributed by atoms with Crippen LogP contribution in [-0.2, 0) is 13.6 Å². The number of anilines is 1. The highest BCUT2D eigenvalue weighted by molar-refractivity contribution is 5.94. The second-order valence-corrected chi connectivity index (χ2v) is 7.85. The molecule has 0 spiro atoms. The topological polar surface area (TPSA) is 46.1 Å². The first-order valence-corrected chi connectivity index (χ1v) is 9.19. The summed E-state index contributed by atoms with van der Waals surface area (Å²) in [4.78, 5) is 12.6. The molecule has 0 unspecified atom stereocenters. The molecule has 0 radical (unpaired) electrons. The number of aromatic nitrogens is 1. The van der Waals surface area contributed by atoms with Crippen LogP contribution in [0.15, 0.2) is 66.9 Å². The Kier molecular flexibility index (Phi) is 5.36. The Morgan fingerprint density at radius 2 is 1.63 bits per heavy atom. The van der Waals surface area contributed by atoms with Crippen molar-refractivity contribution in [2.45, 2.75) is 32.9 Å².